The molecule has 0 atom stereocenters. The van der Waals surface area contributed by atoms with E-state index in [4.69, 9.17) is 40.5 Å². The molecule has 0 bridgehead atoms. The third-order valence-corrected chi connectivity index (χ3v) is 3.62. The number of carboxylic acid groups (broad SMARTS) is 4. The van der Waals surface area contributed by atoms with E-state index in [9.17, 15) is 24.0 Å². The molecule has 7 N–H and O–H groups in total. The van der Waals surface area contributed by atoms with Crippen molar-refractivity contribution in [3.63, 3.8) is 0 Å². The number of aromatic carboxylic acids is 2. The number of carboxylic acids is 4. The average molecular weight is 482 g/mol. The Balaban J connectivity index is 0.000000481. The highest BCUT2D eigenvalue weighted by molar-refractivity contribution is 5.95. The molecule has 0 fully saturated rings. The van der Waals surface area contributed by atoms with E-state index in [-0.39, 0.29) is 41.2 Å². The highest BCUT2D eigenvalue weighted by Gasteiger charge is 2.09. The fourth-order valence-corrected chi connectivity index (χ4v) is 1.97. The molecule has 0 saturated carbocycles. The number of aromatic hydroxyl groups is 3. The van der Waals surface area contributed by atoms with Crippen molar-refractivity contribution in [2.75, 3.05) is 7.11 Å². The van der Waals surface area contributed by atoms with Gasteiger partial charge in [-0.15, -0.1) is 0 Å². The molecule has 184 valence electrons. The standard InChI is InChI=1S/C8H8O4.C7H6O4.C6H8O5/c1-12-7-4-5(8(10)11)2-3-6(7)9;8-5-2-1-4(7(10)11)3-6(5)9;7-4(3-6(10)11)1-2-5(8)9/h2-4,9H,1H3,(H,10,11);1-3,8-9H,(H,10,11);1-3H2,(H,8,9)(H,10,11). The second-order valence-electron chi connectivity index (χ2n) is 6.20. The van der Waals surface area contributed by atoms with Crippen LogP contribution in [0.25, 0.3) is 0 Å². The van der Waals surface area contributed by atoms with Gasteiger partial charge in [-0.3, -0.25) is 14.4 Å². The second kappa shape index (κ2) is 14.3. The van der Waals surface area contributed by atoms with Crippen LogP contribution >= 0.6 is 0 Å². The van der Waals surface area contributed by atoms with Gasteiger partial charge in [-0.25, -0.2) is 9.59 Å². The van der Waals surface area contributed by atoms with E-state index >= 15 is 0 Å². The molecule has 2 aromatic rings. The predicted molar refractivity (Wildman–Crippen MR) is 112 cm³/mol. The van der Waals surface area contributed by atoms with Crippen LogP contribution < -0.4 is 4.74 Å². The number of ether oxygens (including phenoxy) is 1. The van der Waals surface area contributed by atoms with Gasteiger partial charge in [0, 0.05) is 6.42 Å². The molecule has 0 aromatic heterocycles. The van der Waals surface area contributed by atoms with Gasteiger partial charge < -0.3 is 40.5 Å². The lowest BCUT2D eigenvalue weighted by Crippen LogP contribution is -2.08. The van der Waals surface area contributed by atoms with Crippen LogP contribution in [0.2, 0.25) is 0 Å². The summed E-state index contributed by atoms with van der Waals surface area (Å²) in [5, 5.41) is 59.9. The van der Waals surface area contributed by atoms with Crippen LogP contribution in [0.1, 0.15) is 40.0 Å². The van der Waals surface area contributed by atoms with Crippen molar-refractivity contribution < 1.29 is 64.5 Å². The Morgan fingerprint density at radius 3 is 1.59 bits per heavy atom. The van der Waals surface area contributed by atoms with Gasteiger partial charge in [-0.2, -0.15) is 0 Å². The van der Waals surface area contributed by atoms with Crippen LogP contribution in [-0.2, 0) is 14.4 Å². The number of aliphatic carboxylic acids is 2. The molecule has 2 rings (SSSR count). The zero-order valence-corrected chi connectivity index (χ0v) is 17.7. The van der Waals surface area contributed by atoms with E-state index in [1.165, 1.54) is 31.4 Å². The van der Waals surface area contributed by atoms with E-state index in [1.807, 2.05) is 0 Å². The number of carbonyl (C=O) groups is 5. The van der Waals surface area contributed by atoms with Crippen LogP contribution in [0.3, 0.4) is 0 Å². The number of Topliss-reactive ketones (excluding diaryl/α,β-unsaturated/α-hetero) is 1. The number of phenols is 3. The van der Waals surface area contributed by atoms with Crippen molar-refractivity contribution >= 4 is 29.7 Å². The van der Waals surface area contributed by atoms with E-state index in [2.05, 4.69) is 0 Å². The third-order valence-electron chi connectivity index (χ3n) is 3.62. The number of phenolic OH excluding ortho intramolecular Hbond substituents is 3. The van der Waals surface area contributed by atoms with Crippen molar-refractivity contribution in [1.29, 1.82) is 0 Å². The van der Waals surface area contributed by atoms with E-state index in [0.29, 0.717) is 0 Å². The maximum atomic E-state index is 10.5. The Bertz CT molecular complexity index is 1040. The van der Waals surface area contributed by atoms with Crippen molar-refractivity contribution in [2.45, 2.75) is 19.3 Å². The summed E-state index contributed by atoms with van der Waals surface area (Å²) in [4.78, 5) is 51.0. The lowest BCUT2D eigenvalue weighted by molar-refractivity contribution is -0.142. The normalized spacial score (nSPS) is 9.32. The first-order valence-electron chi connectivity index (χ1n) is 9.09. The number of carbonyl (C=O) groups excluding carboxylic acids is 1. The van der Waals surface area contributed by atoms with Gasteiger partial charge >= 0.3 is 23.9 Å². The van der Waals surface area contributed by atoms with Crippen LogP contribution in [0, 0.1) is 0 Å². The first-order chi connectivity index (χ1) is 15.8. The highest BCUT2D eigenvalue weighted by Crippen LogP contribution is 2.26. The van der Waals surface area contributed by atoms with Crippen LogP contribution in [-0.4, -0.2) is 72.5 Å². The molecule has 0 heterocycles. The fourth-order valence-electron chi connectivity index (χ4n) is 1.97. The fraction of sp³-hybridized carbons (Fsp3) is 0.190. The highest BCUT2D eigenvalue weighted by atomic mass is 16.5. The monoisotopic (exact) mass is 482 g/mol. The Morgan fingerprint density at radius 2 is 1.18 bits per heavy atom. The topological polar surface area (TPSA) is 236 Å². The summed E-state index contributed by atoms with van der Waals surface area (Å²) in [6, 6.07) is 7.16. The first-order valence-corrected chi connectivity index (χ1v) is 9.09. The molecule has 0 aliphatic carbocycles. The van der Waals surface area contributed by atoms with E-state index in [1.54, 1.807) is 0 Å². The average Bonchev–Trinajstić information content (AvgIpc) is 2.74. The van der Waals surface area contributed by atoms with Crippen LogP contribution in [0.15, 0.2) is 36.4 Å². The molecule has 2 aromatic carbocycles. The lowest BCUT2D eigenvalue weighted by atomic mass is 10.2. The minimum Gasteiger partial charge on any atom is -0.504 e. The Kier molecular flexibility index (Phi) is 12.3. The number of hydrogen-bond acceptors (Lipinski definition) is 9. The molecule has 13 heteroatoms. The van der Waals surface area contributed by atoms with E-state index < -0.39 is 41.8 Å². The van der Waals surface area contributed by atoms with Gasteiger partial charge in [0.25, 0.3) is 0 Å². The summed E-state index contributed by atoms with van der Waals surface area (Å²) in [6.45, 7) is 0. The van der Waals surface area contributed by atoms with Crippen molar-refractivity contribution in [2.24, 2.45) is 0 Å². The summed E-state index contributed by atoms with van der Waals surface area (Å²) in [7, 11) is 1.36. The van der Waals surface area contributed by atoms with Crippen molar-refractivity contribution in [1.82, 2.24) is 0 Å². The maximum absolute atomic E-state index is 10.5. The molecule has 13 nitrogen and oxygen atoms in total. The molecular formula is C21H22O13. The minimum absolute atomic E-state index is 0.0553. The molecule has 0 saturated heterocycles. The molecule has 0 amide bonds. The quantitative estimate of drug-likeness (QED) is 0.210. The minimum atomic E-state index is -1.22. The summed E-state index contributed by atoms with van der Waals surface area (Å²) >= 11 is 0. The van der Waals surface area contributed by atoms with Crippen molar-refractivity contribution in [3.8, 4) is 23.0 Å². The van der Waals surface area contributed by atoms with E-state index in [0.717, 1.165) is 12.1 Å². The van der Waals surface area contributed by atoms with Gasteiger partial charge in [0.15, 0.2) is 23.0 Å². The molecule has 34 heavy (non-hydrogen) atoms. The molecule has 0 spiro atoms. The van der Waals surface area contributed by atoms with Crippen LogP contribution in [0.5, 0.6) is 23.0 Å². The molecule has 0 unspecified atom stereocenters. The molecule has 0 aliphatic heterocycles. The smallest absolute Gasteiger partial charge is 0.335 e. The summed E-state index contributed by atoms with van der Waals surface area (Å²) < 4.78 is 4.72. The van der Waals surface area contributed by atoms with Crippen LogP contribution in [0.4, 0.5) is 0 Å². The first kappa shape index (κ1) is 29.2. The van der Waals surface area contributed by atoms with Gasteiger partial charge in [0.1, 0.15) is 12.2 Å². The number of rotatable bonds is 8. The number of ketones is 1. The maximum Gasteiger partial charge on any atom is 0.335 e. The van der Waals surface area contributed by atoms with Gasteiger partial charge in [-0.1, -0.05) is 0 Å². The van der Waals surface area contributed by atoms with Gasteiger partial charge in [-0.05, 0) is 36.4 Å². The Hall–Kier alpha value is -4.81. The summed E-state index contributed by atoms with van der Waals surface area (Å²) in [5.41, 5.74) is 0.0324. The summed E-state index contributed by atoms with van der Waals surface area (Å²) in [5.74, 6) is -5.71. The van der Waals surface area contributed by atoms with Gasteiger partial charge in [0.2, 0.25) is 0 Å². The molecule has 0 radical (unpaired) electrons. The largest absolute Gasteiger partial charge is 0.504 e. The molecular weight excluding hydrogens is 460 g/mol. The Morgan fingerprint density at radius 1 is 0.676 bits per heavy atom. The third kappa shape index (κ3) is 11.5. The van der Waals surface area contributed by atoms with Gasteiger partial charge in [0.05, 0.1) is 24.7 Å². The number of hydrogen-bond donors (Lipinski definition) is 7. The second-order valence-corrected chi connectivity index (χ2v) is 6.20. The predicted octanol–water partition coefficient (Wildman–Crippen LogP) is 1.79. The Labute approximate surface area is 191 Å². The number of methoxy groups -OCH3 is 1. The van der Waals surface area contributed by atoms with Crippen molar-refractivity contribution in [3.05, 3.63) is 47.5 Å². The zero-order valence-electron chi connectivity index (χ0n) is 17.7. The number of benzene rings is 2. The summed E-state index contributed by atoms with van der Waals surface area (Å²) in [6.07, 6.45) is -1.10. The SMILES string of the molecule is COc1cc(C(=O)O)ccc1O.O=C(O)CCC(=O)CC(=O)O.O=C(O)c1ccc(O)c(O)c1. The zero-order chi connectivity index (χ0) is 26.4. The lowest BCUT2D eigenvalue weighted by Gasteiger charge is -2.02. The molecule has 0 aliphatic rings.